The summed E-state index contributed by atoms with van der Waals surface area (Å²) in [5.74, 6) is -0.00334. The third kappa shape index (κ3) is 2.98. The molecule has 0 aromatic carbocycles. The van der Waals surface area contributed by atoms with Gasteiger partial charge in [0.05, 0.1) is 0 Å². The van der Waals surface area contributed by atoms with Gasteiger partial charge in [-0.1, -0.05) is 0 Å². The molecule has 2 aromatic heterocycles. The highest BCUT2D eigenvalue weighted by Crippen LogP contribution is 2.36. The molecule has 2 atom stereocenters. The van der Waals surface area contributed by atoms with Crippen LogP contribution in [0.25, 0.3) is 0 Å². The first-order valence-electron chi connectivity index (χ1n) is 9.22. The molecule has 2 unspecified atom stereocenters. The Labute approximate surface area is 152 Å². The molecule has 0 radical (unpaired) electrons. The van der Waals surface area contributed by atoms with Gasteiger partial charge in [-0.25, -0.2) is 0 Å². The number of aromatic nitrogens is 3. The lowest BCUT2D eigenvalue weighted by molar-refractivity contribution is 0.0537. The minimum atomic E-state index is -0.0689. The molecule has 7 nitrogen and oxygen atoms in total. The number of amides is 2. The maximum atomic E-state index is 13.0. The van der Waals surface area contributed by atoms with Crippen LogP contribution in [0.15, 0.2) is 36.8 Å². The molecular weight excluding hydrogens is 330 g/mol. The van der Waals surface area contributed by atoms with Gasteiger partial charge in [0.15, 0.2) is 0 Å². The van der Waals surface area contributed by atoms with Crippen molar-refractivity contribution >= 4 is 11.8 Å². The third-order valence-electron chi connectivity index (χ3n) is 5.48. The Hall–Kier alpha value is -2.70. The molecule has 7 heteroatoms. The molecule has 2 saturated heterocycles. The maximum Gasteiger partial charge on any atom is 0.272 e. The van der Waals surface area contributed by atoms with Crippen LogP contribution in [0.4, 0.5) is 0 Å². The van der Waals surface area contributed by atoms with Crippen LogP contribution in [0.3, 0.4) is 0 Å². The normalized spacial score (nSPS) is 24.5. The van der Waals surface area contributed by atoms with Crippen LogP contribution in [0.1, 0.15) is 53.5 Å². The number of pyridine rings is 1. The molecule has 26 heavy (non-hydrogen) atoms. The average Bonchev–Trinajstić information content (AvgIpc) is 3.24. The fourth-order valence-electron chi connectivity index (χ4n) is 4.30. The van der Waals surface area contributed by atoms with E-state index in [1.807, 2.05) is 11.8 Å². The Morgan fingerprint density at radius 2 is 1.81 bits per heavy atom. The van der Waals surface area contributed by atoms with E-state index < -0.39 is 0 Å². The monoisotopic (exact) mass is 353 g/mol. The molecule has 4 heterocycles. The Balaban J connectivity index is 1.44. The molecule has 0 spiro atoms. The van der Waals surface area contributed by atoms with Crippen molar-refractivity contribution in [2.45, 2.75) is 57.3 Å². The van der Waals surface area contributed by atoms with Gasteiger partial charge in [0.1, 0.15) is 5.69 Å². The molecule has 0 aliphatic carbocycles. The fourth-order valence-corrected chi connectivity index (χ4v) is 4.30. The zero-order valence-electron chi connectivity index (χ0n) is 14.8. The van der Waals surface area contributed by atoms with E-state index in [4.69, 9.17) is 0 Å². The van der Waals surface area contributed by atoms with Gasteiger partial charge in [-0.15, -0.1) is 0 Å². The van der Waals surface area contributed by atoms with Crippen LogP contribution in [0, 0.1) is 0 Å². The van der Waals surface area contributed by atoms with Gasteiger partial charge >= 0.3 is 0 Å². The smallest absolute Gasteiger partial charge is 0.272 e. The van der Waals surface area contributed by atoms with Crippen LogP contribution in [-0.2, 0) is 6.54 Å². The molecule has 4 rings (SSSR count). The molecule has 2 aromatic rings. The summed E-state index contributed by atoms with van der Waals surface area (Å²) in [5, 5.41) is 7.35. The summed E-state index contributed by atoms with van der Waals surface area (Å²) in [6.07, 6.45) is 8.53. The molecule has 2 aliphatic heterocycles. The summed E-state index contributed by atoms with van der Waals surface area (Å²) in [4.78, 5) is 31.4. The maximum absolute atomic E-state index is 13.0. The first-order valence-corrected chi connectivity index (χ1v) is 9.22. The number of rotatable bonds is 4. The van der Waals surface area contributed by atoms with Crippen LogP contribution >= 0.6 is 0 Å². The van der Waals surface area contributed by atoms with E-state index in [9.17, 15) is 9.59 Å². The number of nitrogens with one attached hydrogen (secondary N) is 1. The van der Waals surface area contributed by atoms with E-state index in [-0.39, 0.29) is 29.9 Å². The minimum absolute atomic E-state index is 0.0655. The predicted molar refractivity (Wildman–Crippen MR) is 95.6 cm³/mol. The van der Waals surface area contributed by atoms with E-state index in [1.165, 1.54) is 0 Å². The van der Waals surface area contributed by atoms with Crippen molar-refractivity contribution < 1.29 is 9.59 Å². The minimum Gasteiger partial charge on any atom is -0.349 e. The molecule has 2 fully saturated rings. The van der Waals surface area contributed by atoms with Gasteiger partial charge < -0.3 is 10.2 Å². The first kappa shape index (κ1) is 16.8. The number of carbonyl (C=O) groups is 2. The number of aryl methyl sites for hydroxylation is 1. The van der Waals surface area contributed by atoms with Crippen LogP contribution < -0.4 is 5.32 Å². The van der Waals surface area contributed by atoms with E-state index in [0.29, 0.717) is 17.8 Å². The van der Waals surface area contributed by atoms with E-state index >= 15 is 0 Å². The quantitative estimate of drug-likeness (QED) is 0.910. The predicted octanol–water partition coefficient (Wildman–Crippen LogP) is 1.86. The Bertz CT molecular complexity index is 789. The first-order chi connectivity index (χ1) is 12.7. The van der Waals surface area contributed by atoms with Crippen molar-refractivity contribution in [3.8, 4) is 0 Å². The summed E-state index contributed by atoms with van der Waals surface area (Å²) < 4.78 is 1.75. The second-order valence-electron chi connectivity index (χ2n) is 7.01. The SMILES string of the molecule is CCn1nccc1C(=O)N1C2CCC1CC(NC(=O)c1ccncc1)C2. The largest absolute Gasteiger partial charge is 0.349 e. The lowest BCUT2D eigenvalue weighted by Crippen LogP contribution is -2.52. The average molecular weight is 353 g/mol. The molecule has 2 aliphatic rings. The Morgan fingerprint density at radius 3 is 2.46 bits per heavy atom. The molecule has 0 saturated carbocycles. The molecular formula is C19H23N5O2. The van der Waals surface area contributed by atoms with Crippen molar-refractivity contribution in [1.82, 2.24) is 25.0 Å². The molecule has 2 amide bonds. The van der Waals surface area contributed by atoms with Gasteiger partial charge in [-0.2, -0.15) is 5.10 Å². The number of fused-ring (bicyclic) bond motifs is 2. The topological polar surface area (TPSA) is 80.1 Å². The van der Waals surface area contributed by atoms with Crippen LogP contribution in [0.2, 0.25) is 0 Å². The summed E-state index contributed by atoms with van der Waals surface area (Å²) in [7, 11) is 0. The van der Waals surface area contributed by atoms with Crippen molar-refractivity contribution in [2.24, 2.45) is 0 Å². The third-order valence-corrected chi connectivity index (χ3v) is 5.48. The summed E-state index contributed by atoms with van der Waals surface area (Å²) in [5.41, 5.74) is 1.28. The van der Waals surface area contributed by atoms with Crippen LogP contribution in [0.5, 0.6) is 0 Å². The summed E-state index contributed by atoms with van der Waals surface area (Å²) in [6, 6.07) is 5.70. The Kier molecular flexibility index (Phi) is 4.44. The lowest BCUT2D eigenvalue weighted by atomic mass is 9.96. The van der Waals surface area contributed by atoms with Crippen molar-refractivity contribution in [1.29, 1.82) is 0 Å². The van der Waals surface area contributed by atoms with Crippen LogP contribution in [-0.4, -0.2) is 49.6 Å². The molecule has 136 valence electrons. The highest BCUT2D eigenvalue weighted by Gasteiger charge is 2.44. The second-order valence-corrected chi connectivity index (χ2v) is 7.01. The van der Waals surface area contributed by atoms with Crippen molar-refractivity contribution in [3.05, 3.63) is 48.0 Å². The zero-order valence-corrected chi connectivity index (χ0v) is 14.8. The standard InChI is InChI=1S/C19H23N5O2/c1-2-23-17(7-10-21-23)19(26)24-15-3-4-16(24)12-14(11-15)22-18(25)13-5-8-20-9-6-13/h5-10,14-16H,2-4,11-12H2,1H3,(H,22,25). The van der Waals surface area contributed by atoms with Crippen molar-refractivity contribution in [2.75, 3.05) is 0 Å². The second kappa shape index (κ2) is 6.90. The Morgan fingerprint density at radius 1 is 1.12 bits per heavy atom. The van der Waals surface area contributed by atoms with E-state index in [1.54, 1.807) is 41.5 Å². The highest BCUT2D eigenvalue weighted by atomic mass is 16.2. The zero-order chi connectivity index (χ0) is 18.1. The number of hydrogen-bond donors (Lipinski definition) is 1. The number of hydrogen-bond acceptors (Lipinski definition) is 4. The van der Waals surface area contributed by atoms with Gasteiger partial charge in [0, 0.05) is 48.8 Å². The van der Waals surface area contributed by atoms with Gasteiger partial charge in [-0.05, 0) is 50.8 Å². The highest BCUT2D eigenvalue weighted by molar-refractivity contribution is 5.94. The number of piperidine rings is 1. The van der Waals surface area contributed by atoms with Gasteiger partial charge in [0.25, 0.3) is 11.8 Å². The number of nitrogens with zero attached hydrogens (tertiary/aromatic N) is 4. The molecule has 1 N–H and O–H groups in total. The van der Waals surface area contributed by atoms with Gasteiger partial charge in [-0.3, -0.25) is 19.3 Å². The molecule has 2 bridgehead atoms. The fraction of sp³-hybridized carbons (Fsp3) is 0.474. The summed E-state index contributed by atoms with van der Waals surface area (Å²) >= 11 is 0. The lowest BCUT2D eigenvalue weighted by Gasteiger charge is -2.39. The van der Waals surface area contributed by atoms with E-state index in [0.717, 1.165) is 25.7 Å². The number of carbonyl (C=O) groups excluding carboxylic acids is 2. The van der Waals surface area contributed by atoms with E-state index in [2.05, 4.69) is 15.4 Å². The van der Waals surface area contributed by atoms with Gasteiger partial charge in [0.2, 0.25) is 0 Å². The summed E-state index contributed by atoms with van der Waals surface area (Å²) in [6.45, 7) is 2.67. The van der Waals surface area contributed by atoms with Crippen molar-refractivity contribution in [3.63, 3.8) is 0 Å².